The van der Waals surface area contributed by atoms with Gasteiger partial charge in [0.1, 0.15) is 0 Å². The highest BCUT2D eigenvalue weighted by molar-refractivity contribution is 7.99. The monoisotopic (exact) mass is 224 g/mol. The maximum absolute atomic E-state index is 5.34. The fourth-order valence-electron chi connectivity index (χ4n) is 1.15. The van der Waals surface area contributed by atoms with E-state index in [9.17, 15) is 0 Å². The molecule has 15 heavy (non-hydrogen) atoms. The molecule has 1 aromatic heterocycles. The number of thioether (sulfide) groups is 1. The van der Waals surface area contributed by atoms with Crippen molar-refractivity contribution in [1.29, 1.82) is 0 Å². The molecule has 0 aromatic carbocycles. The van der Waals surface area contributed by atoms with Gasteiger partial charge in [0.25, 0.3) is 0 Å². The van der Waals surface area contributed by atoms with E-state index in [2.05, 4.69) is 23.5 Å². The van der Waals surface area contributed by atoms with E-state index in [0.717, 1.165) is 23.8 Å². The van der Waals surface area contributed by atoms with Crippen LogP contribution in [0.25, 0.3) is 0 Å². The first-order valence-corrected chi connectivity index (χ1v) is 6.01. The molecule has 0 spiro atoms. The first kappa shape index (κ1) is 12.0. The van der Waals surface area contributed by atoms with Crippen LogP contribution in [-0.4, -0.2) is 21.8 Å². The van der Waals surface area contributed by atoms with Gasteiger partial charge < -0.3 is 4.74 Å². The largest absolute Gasteiger partial charge is 0.499 e. The van der Waals surface area contributed by atoms with E-state index in [1.165, 1.54) is 6.26 Å². The molecule has 0 aliphatic rings. The lowest BCUT2D eigenvalue weighted by Gasteiger charge is -2.13. The van der Waals surface area contributed by atoms with Crippen LogP contribution < -0.4 is 0 Å². The van der Waals surface area contributed by atoms with Crippen molar-refractivity contribution in [3.05, 3.63) is 31.3 Å². The first-order valence-electron chi connectivity index (χ1n) is 5.03. The molecule has 1 aromatic rings. The summed E-state index contributed by atoms with van der Waals surface area (Å²) in [5.41, 5.74) is 0. The van der Waals surface area contributed by atoms with Gasteiger partial charge in [-0.25, -0.2) is 9.97 Å². The molecule has 1 heterocycles. The molecule has 0 radical (unpaired) electrons. The van der Waals surface area contributed by atoms with E-state index in [4.69, 9.17) is 4.74 Å². The van der Waals surface area contributed by atoms with Crippen LogP contribution in [0.4, 0.5) is 0 Å². The lowest BCUT2D eigenvalue weighted by Crippen LogP contribution is -2.09. The van der Waals surface area contributed by atoms with Crippen LogP contribution in [0.15, 0.2) is 36.5 Å². The summed E-state index contributed by atoms with van der Waals surface area (Å²) in [4.78, 5) is 8.28. The number of ether oxygens (including phenoxy) is 1. The third kappa shape index (κ3) is 4.83. The maximum Gasteiger partial charge on any atom is 0.187 e. The highest BCUT2D eigenvalue weighted by Crippen LogP contribution is 2.15. The third-order valence-electron chi connectivity index (χ3n) is 1.96. The summed E-state index contributed by atoms with van der Waals surface area (Å²) in [7, 11) is 0. The summed E-state index contributed by atoms with van der Waals surface area (Å²) in [6, 6.07) is 1.82. The minimum Gasteiger partial charge on any atom is -0.499 e. The Balaban J connectivity index is 2.23. The van der Waals surface area contributed by atoms with Gasteiger partial charge in [-0.15, -0.1) is 0 Å². The van der Waals surface area contributed by atoms with Gasteiger partial charge in [0.2, 0.25) is 0 Å². The quantitative estimate of drug-likeness (QED) is 0.405. The molecule has 0 unspecified atom stereocenters. The minimum atomic E-state index is 0.263. The number of aromatic nitrogens is 2. The Kier molecular flexibility index (Phi) is 5.85. The van der Waals surface area contributed by atoms with Crippen LogP contribution in [0.3, 0.4) is 0 Å². The van der Waals surface area contributed by atoms with Gasteiger partial charge in [-0.1, -0.05) is 25.3 Å². The smallest absolute Gasteiger partial charge is 0.187 e. The van der Waals surface area contributed by atoms with Gasteiger partial charge in [0.05, 0.1) is 12.4 Å². The van der Waals surface area contributed by atoms with Crippen molar-refractivity contribution in [2.75, 3.05) is 5.75 Å². The molecule has 0 amide bonds. The zero-order chi connectivity index (χ0) is 10.9. The van der Waals surface area contributed by atoms with Crippen molar-refractivity contribution in [3.63, 3.8) is 0 Å². The molecule has 0 aliphatic carbocycles. The lowest BCUT2D eigenvalue weighted by molar-refractivity contribution is 0.138. The standard InChI is InChI=1S/C11H16N2OS/c1-3-10(14-4-2)6-9-15-11-12-7-5-8-13-11/h4-5,7-8,10H,2-3,6,9H2,1H3/t10-/m0/s1. The zero-order valence-corrected chi connectivity index (χ0v) is 9.74. The van der Waals surface area contributed by atoms with Crippen LogP contribution in [-0.2, 0) is 4.74 Å². The molecule has 0 saturated heterocycles. The van der Waals surface area contributed by atoms with E-state index in [0.29, 0.717) is 0 Å². The van der Waals surface area contributed by atoms with Crippen LogP contribution in [0.2, 0.25) is 0 Å². The summed E-state index contributed by atoms with van der Waals surface area (Å²) < 4.78 is 5.34. The molecule has 1 atom stereocenters. The van der Waals surface area contributed by atoms with Gasteiger partial charge >= 0.3 is 0 Å². The highest BCUT2D eigenvalue weighted by atomic mass is 32.2. The van der Waals surface area contributed by atoms with Gasteiger partial charge in [-0.2, -0.15) is 0 Å². The Hall–Kier alpha value is -1.03. The molecule has 0 N–H and O–H groups in total. The van der Waals surface area contributed by atoms with Crippen molar-refractivity contribution in [2.24, 2.45) is 0 Å². The van der Waals surface area contributed by atoms with Crippen LogP contribution in [0, 0.1) is 0 Å². The topological polar surface area (TPSA) is 35.0 Å². The Morgan fingerprint density at radius 3 is 2.87 bits per heavy atom. The highest BCUT2D eigenvalue weighted by Gasteiger charge is 2.05. The Bertz CT molecular complexity index is 279. The molecule has 4 heteroatoms. The van der Waals surface area contributed by atoms with Crippen molar-refractivity contribution in [1.82, 2.24) is 9.97 Å². The Morgan fingerprint density at radius 1 is 1.53 bits per heavy atom. The van der Waals surface area contributed by atoms with Crippen molar-refractivity contribution in [2.45, 2.75) is 31.0 Å². The lowest BCUT2D eigenvalue weighted by atomic mass is 10.2. The summed E-state index contributed by atoms with van der Waals surface area (Å²) in [5, 5.41) is 0.825. The van der Waals surface area contributed by atoms with E-state index >= 15 is 0 Å². The fraction of sp³-hybridized carbons (Fsp3) is 0.455. The van der Waals surface area contributed by atoms with E-state index < -0.39 is 0 Å². The predicted octanol–water partition coefficient (Wildman–Crippen LogP) is 2.90. The van der Waals surface area contributed by atoms with E-state index in [1.54, 1.807) is 24.2 Å². The number of rotatable bonds is 7. The molecule has 0 aliphatic heterocycles. The minimum absolute atomic E-state index is 0.263. The fourth-order valence-corrected chi connectivity index (χ4v) is 1.98. The molecular weight excluding hydrogens is 208 g/mol. The molecule has 82 valence electrons. The first-order chi connectivity index (χ1) is 7.36. The van der Waals surface area contributed by atoms with Gasteiger partial charge in [0, 0.05) is 18.1 Å². The average Bonchev–Trinajstić information content (AvgIpc) is 2.29. The van der Waals surface area contributed by atoms with Crippen molar-refractivity contribution < 1.29 is 4.74 Å². The maximum atomic E-state index is 5.34. The summed E-state index contributed by atoms with van der Waals surface area (Å²) >= 11 is 1.65. The van der Waals surface area contributed by atoms with Crippen molar-refractivity contribution >= 4 is 11.8 Å². The second-order valence-corrected chi connectivity index (χ2v) is 4.06. The zero-order valence-electron chi connectivity index (χ0n) is 8.93. The Labute approximate surface area is 95.0 Å². The number of hydrogen-bond acceptors (Lipinski definition) is 4. The number of nitrogens with zero attached hydrogens (tertiary/aromatic N) is 2. The molecule has 0 fully saturated rings. The second kappa shape index (κ2) is 7.29. The van der Waals surface area contributed by atoms with Gasteiger partial charge in [-0.3, -0.25) is 0 Å². The van der Waals surface area contributed by atoms with Gasteiger partial charge in [0.15, 0.2) is 5.16 Å². The predicted molar refractivity (Wildman–Crippen MR) is 62.7 cm³/mol. The summed E-state index contributed by atoms with van der Waals surface area (Å²) in [6.07, 6.45) is 7.28. The van der Waals surface area contributed by atoms with Crippen LogP contribution in [0.5, 0.6) is 0 Å². The molecule has 1 rings (SSSR count). The second-order valence-electron chi connectivity index (χ2n) is 3.00. The summed E-state index contributed by atoms with van der Waals surface area (Å²) in [5.74, 6) is 0.969. The molecule has 3 nitrogen and oxygen atoms in total. The van der Waals surface area contributed by atoms with Gasteiger partial charge in [-0.05, 0) is 18.9 Å². The normalized spacial score (nSPS) is 12.1. The summed E-state index contributed by atoms with van der Waals surface area (Å²) in [6.45, 7) is 5.67. The Morgan fingerprint density at radius 2 is 2.27 bits per heavy atom. The molecular formula is C11H16N2OS. The van der Waals surface area contributed by atoms with E-state index in [-0.39, 0.29) is 6.10 Å². The average molecular weight is 224 g/mol. The van der Waals surface area contributed by atoms with Crippen LogP contribution >= 0.6 is 11.8 Å². The van der Waals surface area contributed by atoms with Crippen molar-refractivity contribution in [3.8, 4) is 0 Å². The molecule has 0 saturated carbocycles. The van der Waals surface area contributed by atoms with Crippen LogP contribution in [0.1, 0.15) is 19.8 Å². The molecule has 0 bridgehead atoms. The SMILES string of the molecule is C=CO[C@@H](CC)CCSc1ncccn1. The number of hydrogen-bond donors (Lipinski definition) is 0. The van der Waals surface area contributed by atoms with E-state index in [1.807, 2.05) is 6.07 Å². The third-order valence-corrected chi connectivity index (χ3v) is 2.87.